The molecule has 14 heavy (non-hydrogen) atoms. The van der Waals surface area contributed by atoms with Gasteiger partial charge in [-0.2, -0.15) is 0 Å². The van der Waals surface area contributed by atoms with E-state index in [4.69, 9.17) is 15.0 Å². The molecule has 4 nitrogen and oxygen atoms in total. The lowest BCUT2D eigenvalue weighted by Crippen LogP contribution is -2.23. The van der Waals surface area contributed by atoms with Crippen molar-refractivity contribution in [2.45, 2.75) is 19.3 Å². The standard InChI is InChI=1S/C9H13BrN2O2/c1-5-4-13-3-2-6(5)8-7(10)9(11)12-14-8/h5-6H,2-4H2,1H3,(H2,11,12). The number of ether oxygens (including phenoxy) is 1. The number of halogens is 1. The Labute approximate surface area is 90.9 Å². The fourth-order valence-corrected chi connectivity index (χ4v) is 2.24. The topological polar surface area (TPSA) is 61.3 Å². The van der Waals surface area contributed by atoms with Crippen LogP contribution in [0.3, 0.4) is 0 Å². The van der Waals surface area contributed by atoms with Crippen LogP contribution < -0.4 is 5.73 Å². The largest absolute Gasteiger partial charge is 0.381 e. The number of rotatable bonds is 1. The van der Waals surface area contributed by atoms with E-state index in [1.165, 1.54) is 0 Å². The van der Waals surface area contributed by atoms with Crippen LogP contribution >= 0.6 is 15.9 Å². The molecule has 0 saturated carbocycles. The molecular weight excluding hydrogens is 248 g/mol. The summed E-state index contributed by atoms with van der Waals surface area (Å²) in [5.41, 5.74) is 5.61. The summed E-state index contributed by atoms with van der Waals surface area (Å²) < 4.78 is 11.4. The Bertz CT molecular complexity index is 327. The number of anilines is 1. The molecule has 0 amide bonds. The molecule has 1 aromatic rings. The molecule has 1 aromatic heterocycles. The minimum atomic E-state index is 0.364. The molecule has 78 valence electrons. The van der Waals surface area contributed by atoms with Gasteiger partial charge in [-0.25, -0.2) is 0 Å². The molecule has 5 heteroatoms. The molecule has 2 atom stereocenters. The Kier molecular flexibility index (Phi) is 2.78. The van der Waals surface area contributed by atoms with Crippen molar-refractivity contribution in [3.05, 3.63) is 10.2 Å². The van der Waals surface area contributed by atoms with Gasteiger partial charge in [-0.3, -0.25) is 0 Å². The summed E-state index contributed by atoms with van der Waals surface area (Å²) in [7, 11) is 0. The highest BCUT2D eigenvalue weighted by molar-refractivity contribution is 9.10. The molecule has 2 N–H and O–H groups in total. The minimum absolute atomic E-state index is 0.364. The van der Waals surface area contributed by atoms with Crippen LogP contribution in [0.2, 0.25) is 0 Å². The molecule has 1 saturated heterocycles. The van der Waals surface area contributed by atoms with Crippen molar-refractivity contribution in [1.82, 2.24) is 5.16 Å². The van der Waals surface area contributed by atoms with E-state index in [1.54, 1.807) is 0 Å². The number of nitrogens with two attached hydrogens (primary N) is 1. The van der Waals surface area contributed by atoms with Crippen LogP contribution in [0.25, 0.3) is 0 Å². The van der Waals surface area contributed by atoms with Gasteiger partial charge in [-0.15, -0.1) is 0 Å². The van der Waals surface area contributed by atoms with Gasteiger partial charge in [0, 0.05) is 19.1 Å². The third-order valence-corrected chi connectivity index (χ3v) is 3.46. The molecule has 0 aromatic carbocycles. The Morgan fingerprint density at radius 2 is 2.36 bits per heavy atom. The summed E-state index contributed by atoms with van der Waals surface area (Å²) in [5, 5.41) is 3.74. The van der Waals surface area contributed by atoms with E-state index in [2.05, 4.69) is 28.0 Å². The first-order chi connectivity index (χ1) is 6.70. The maximum Gasteiger partial charge on any atom is 0.181 e. The summed E-state index contributed by atoms with van der Waals surface area (Å²) in [5.74, 6) is 2.10. The van der Waals surface area contributed by atoms with E-state index in [9.17, 15) is 0 Å². The Hall–Kier alpha value is -0.550. The fraction of sp³-hybridized carbons (Fsp3) is 0.667. The highest BCUT2D eigenvalue weighted by Gasteiger charge is 2.29. The monoisotopic (exact) mass is 260 g/mol. The lowest BCUT2D eigenvalue weighted by Gasteiger charge is -2.26. The third-order valence-electron chi connectivity index (χ3n) is 2.66. The number of hydrogen-bond acceptors (Lipinski definition) is 4. The average molecular weight is 261 g/mol. The molecular formula is C9H13BrN2O2. The van der Waals surface area contributed by atoms with Gasteiger partial charge in [0.25, 0.3) is 0 Å². The van der Waals surface area contributed by atoms with E-state index in [-0.39, 0.29) is 0 Å². The summed E-state index contributed by atoms with van der Waals surface area (Å²) in [6, 6.07) is 0. The molecule has 2 unspecified atom stereocenters. The van der Waals surface area contributed by atoms with Crippen molar-refractivity contribution < 1.29 is 9.26 Å². The van der Waals surface area contributed by atoms with Crippen LogP contribution in [-0.4, -0.2) is 18.4 Å². The van der Waals surface area contributed by atoms with Gasteiger partial charge in [-0.1, -0.05) is 12.1 Å². The quantitative estimate of drug-likeness (QED) is 0.841. The van der Waals surface area contributed by atoms with Gasteiger partial charge < -0.3 is 15.0 Å². The normalized spacial score (nSPS) is 27.9. The fourth-order valence-electron chi connectivity index (χ4n) is 1.80. The smallest absolute Gasteiger partial charge is 0.181 e. The van der Waals surface area contributed by atoms with E-state index >= 15 is 0 Å². The van der Waals surface area contributed by atoms with Crippen LogP contribution in [0.15, 0.2) is 9.00 Å². The second kappa shape index (κ2) is 3.90. The van der Waals surface area contributed by atoms with E-state index in [0.29, 0.717) is 17.7 Å². The Balaban J connectivity index is 2.24. The third kappa shape index (κ3) is 1.66. The van der Waals surface area contributed by atoms with Gasteiger partial charge in [0.2, 0.25) is 0 Å². The lowest BCUT2D eigenvalue weighted by atomic mass is 9.88. The molecule has 1 aliphatic rings. The number of nitrogen functional groups attached to an aromatic ring is 1. The molecule has 2 rings (SSSR count). The van der Waals surface area contributed by atoms with Crippen molar-refractivity contribution >= 4 is 21.7 Å². The van der Waals surface area contributed by atoms with Crippen LogP contribution in [0.5, 0.6) is 0 Å². The summed E-state index contributed by atoms with van der Waals surface area (Å²) in [6.45, 7) is 3.70. The van der Waals surface area contributed by atoms with Crippen molar-refractivity contribution in [2.75, 3.05) is 18.9 Å². The zero-order valence-corrected chi connectivity index (χ0v) is 9.58. The van der Waals surface area contributed by atoms with Crippen LogP contribution in [0.4, 0.5) is 5.82 Å². The maximum absolute atomic E-state index is 5.61. The van der Waals surface area contributed by atoms with Crippen LogP contribution in [-0.2, 0) is 4.74 Å². The van der Waals surface area contributed by atoms with E-state index < -0.39 is 0 Å². The zero-order chi connectivity index (χ0) is 10.1. The zero-order valence-electron chi connectivity index (χ0n) is 8.00. The van der Waals surface area contributed by atoms with Gasteiger partial charge in [0.05, 0.1) is 0 Å². The number of aromatic nitrogens is 1. The summed E-state index contributed by atoms with van der Waals surface area (Å²) in [4.78, 5) is 0. The molecule has 0 aliphatic carbocycles. The second-order valence-electron chi connectivity index (χ2n) is 3.69. The molecule has 0 bridgehead atoms. The van der Waals surface area contributed by atoms with Gasteiger partial charge >= 0.3 is 0 Å². The lowest BCUT2D eigenvalue weighted by molar-refractivity contribution is 0.0404. The summed E-state index contributed by atoms with van der Waals surface area (Å²) in [6.07, 6.45) is 0.967. The van der Waals surface area contributed by atoms with Crippen molar-refractivity contribution in [1.29, 1.82) is 0 Å². The Morgan fingerprint density at radius 1 is 1.57 bits per heavy atom. The van der Waals surface area contributed by atoms with Crippen molar-refractivity contribution in [3.8, 4) is 0 Å². The van der Waals surface area contributed by atoms with Gasteiger partial charge in [0.15, 0.2) is 11.6 Å². The van der Waals surface area contributed by atoms with Crippen LogP contribution in [0, 0.1) is 5.92 Å². The first-order valence-corrected chi connectivity index (χ1v) is 5.47. The molecule has 1 aliphatic heterocycles. The summed E-state index contributed by atoms with van der Waals surface area (Å²) >= 11 is 3.39. The highest BCUT2D eigenvalue weighted by atomic mass is 79.9. The van der Waals surface area contributed by atoms with Gasteiger partial charge in [-0.05, 0) is 28.3 Å². The Morgan fingerprint density at radius 3 is 2.93 bits per heavy atom. The molecule has 2 heterocycles. The highest BCUT2D eigenvalue weighted by Crippen LogP contribution is 2.37. The first kappa shape index (κ1) is 9.98. The maximum atomic E-state index is 5.61. The van der Waals surface area contributed by atoms with Crippen molar-refractivity contribution in [3.63, 3.8) is 0 Å². The second-order valence-corrected chi connectivity index (χ2v) is 4.49. The SMILES string of the molecule is CC1COCCC1c1onc(N)c1Br. The first-order valence-electron chi connectivity index (χ1n) is 4.68. The average Bonchev–Trinajstić information content (AvgIpc) is 2.49. The van der Waals surface area contributed by atoms with E-state index in [0.717, 1.165) is 29.9 Å². The van der Waals surface area contributed by atoms with Crippen molar-refractivity contribution in [2.24, 2.45) is 5.92 Å². The van der Waals surface area contributed by atoms with Crippen LogP contribution in [0.1, 0.15) is 25.0 Å². The molecule has 0 radical (unpaired) electrons. The minimum Gasteiger partial charge on any atom is -0.381 e. The number of hydrogen-bond donors (Lipinski definition) is 1. The molecule has 1 fully saturated rings. The van der Waals surface area contributed by atoms with E-state index in [1.807, 2.05) is 0 Å². The predicted octanol–water partition coefficient (Wildman–Crippen LogP) is 2.16. The van der Waals surface area contributed by atoms with Gasteiger partial charge in [0.1, 0.15) is 4.47 Å². The molecule has 0 spiro atoms. The predicted molar refractivity (Wildman–Crippen MR) is 56.0 cm³/mol. The number of nitrogens with zero attached hydrogens (tertiary/aromatic N) is 1.